The van der Waals surface area contributed by atoms with E-state index in [1.807, 2.05) is 0 Å². The number of amides is 1. The lowest BCUT2D eigenvalue weighted by molar-refractivity contribution is 0.0908. The number of carbonyl (C=O) groups is 1. The van der Waals surface area contributed by atoms with Crippen LogP contribution >= 0.6 is 0 Å². The van der Waals surface area contributed by atoms with Gasteiger partial charge in [0.05, 0.1) is 12.7 Å². The van der Waals surface area contributed by atoms with Gasteiger partial charge < -0.3 is 15.8 Å². The minimum Gasteiger partial charge on any atom is -0.496 e. The normalized spacial score (nSPS) is 26.1. The fraction of sp³-hybridized carbons (Fsp3) is 0.562. The number of anilines is 1. The molecule has 2 unspecified atom stereocenters. The second-order valence-corrected chi connectivity index (χ2v) is 6.05. The van der Waals surface area contributed by atoms with Crippen molar-refractivity contribution in [3.63, 3.8) is 0 Å². The highest BCUT2D eigenvalue weighted by molar-refractivity contribution is 5.98. The molecule has 1 fully saturated rings. The number of nitrogen functional groups attached to an aromatic ring is 1. The maximum absolute atomic E-state index is 12.4. The summed E-state index contributed by atoms with van der Waals surface area (Å²) in [7, 11) is 1.56. The van der Waals surface area contributed by atoms with Crippen LogP contribution in [0.4, 0.5) is 5.69 Å². The zero-order valence-electron chi connectivity index (χ0n) is 12.5. The molecule has 2 atom stereocenters. The van der Waals surface area contributed by atoms with E-state index in [9.17, 15) is 4.79 Å². The molecule has 0 radical (unpaired) electrons. The molecule has 1 saturated carbocycles. The van der Waals surface area contributed by atoms with Gasteiger partial charge in [-0.1, -0.05) is 13.8 Å². The van der Waals surface area contributed by atoms with E-state index in [-0.39, 0.29) is 11.9 Å². The maximum Gasteiger partial charge on any atom is 0.255 e. The van der Waals surface area contributed by atoms with Gasteiger partial charge in [-0.3, -0.25) is 4.79 Å². The first-order chi connectivity index (χ1) is 9.49. The smallest absolute Gasteiger partial charge is 0.255 e. The SMILES string of the molecule is COc1ccc(N)cc1C(=O)NC1CC(C)CC(C)C1. The summed E-state index contributed by atoms with van der Waals surface area (Å²) in [6.45, 7) is 4.49. The van der Waals surface area contributed by atoms with Crippen LogP contribution in [0.3, 0.4) is 0 Å². The van der Waals surface area contributed by atoms with Gasteiger partial charge in [-0.15, -0.1) is 0 Å². The molecule has 1 aromatic rings. The monoisotopic (exact) mass is 276 g/mol. The van der Waals surface area contributed by atoms with Crippen LogP contribution in [-0.4, -0.2) is 19.1 Å². The van der Waals surface area contributed by atoms with Gasteiger partial charge in [0, 0.05) is 11.7 Å². The fourth-order valence-electron chi connectivity index (χ4n) is 3.23. The summed E-state index contributed by atoms with van der Waals surface area (Å²) in [6.07, 6.45) is 3.33. The zero-order chi connectivity index (χ0) is 14.7. The van der Waals surface area contributed by atoms with Gasteiger partial charge in [-0.05, 0) is 49.3 Å². The maximum atomic E-state index is 12.4. The predicted molar refractivity (Wildman–Crippen MR) is 80.8 cm³/mol. The highest BCUT2D eigenvalue weighted by Gasteiger charge is 2.26. The first-order valence-electron chi connectivity index (χ1n) is 7.24. The molecule has 0 bridgehead atoms. The Labute approximate surface area is 120 Å². The summed E-state index contributed by atoms with van der Waals surface area (Å²) in [4.78, 5) is 12.4. The van der Waals surface area contributed by atoms with Crippen molar-refractivity contribution in [2.75, 3.05) is 12.8 Å². The van der Waals surface area contributed by atoms with E-state index in [4.69, 9.17) is 10.5 Å². The van der Waals surface area contributed by atoms with Crippen molar-refractivity contribution in [1.29, 1.82) is 0 Å². The number of carbonyl (C=O) groups excluding carboxylic acids is 1. The van der Waals surface area contributed by atoms with Gasteiger partial charge in [0.25, 0.3) is 5.91 Å². The molecule has 0 saturated heterocycles. The number of rotatable bonds is 3. The van der Waals surface area contributed by atoms with Gasteiger partial charge >= 0.3 is 0 Å². The Morgan fingerprint density at radius 3 is 2.50 bits per heavy atom. The molecule has 0 heterocycles. The number of nitrogens with one attached hydrogen (secondary N) is 1. The number of hydrogen-bond donors (Lipinski definition) is 2. The van der Waals surface area contributed by atoms with E-state index in [0.29, 0.717) is 28.8 Å². The molecule has 0 spiro atoms. The van der Waals surface area contributed by atoms with E-state index < -0.39 is 0 Å². The van der Waals surface area contributed by atoms with Crippen LogP contribution in [0.25, 0.3) is 0 Å². The Kier molecular flexibility index (Phi) is 4.53. The molecule has 110 valence electrons. The van der Waals surface area contributed by atoms with E-state index in [0.717, 1.165) is 12.8 Å². The lowest BCUT2D eigenvalue weighted by atomic mass is 9.80. The number of ether oxygens (including phenoxy) is 1. The third-order valence-electron chi connectivity index (χ3n) is 3.98. The van der Waals surface area contributed by atoms with Gasteiger partial charge in [-0.25, -0.2) is 0 Å². The van der Waals surface area contributed by atoms with Crippen LogP contribution in [0, 0.1) is 11.8 Å². The standard InChI is InChI=1S/C16H24N2O2/c1-10-6-11(2)8-13(7-10)18-16(19)14-9-12(17)4-5-15(14)20-3/h4-5,9-11,13H,6-8,17H2,1-3H3,(H,18,19). The first-order valence-corrected chi connectivity index (χ1v) is 7.24. The molecule has 1 aliphatic rings. The van der Waals surface area contributed by atoms with E-state index >= 15 is 0 Å². The zero-order valence-corrected chi connectivity index (χ0v) is 12.5. The second kappa shape index (κ2) is 6.16. The molecular formula is C16H24N2O2. The van der Waals surface area contributed by atoms with E-state index in [2.05, 4.69) is 19.2 Å². The molecule has 4 nitrogen and oxygen atoms in total. The Bertz CT molecular complexity index is 477. The molecule has 1 aromatic carbocycles. The van der Waals surface area contributed by atoms with Crippen molar-refractivity contribution in [1.82, 2.24) is 5.32 Å². The molecular weight excluding hydrogens is 252 g/mol. The highest BCUT2D eigenvalue weighted by Crippen LogP contribution is 2.29. The average Bonchev–Trinajstić information content (AvgIpc) is 2.37. The molecule has 1 aliphatic carbocycles. The quantitative estimate of drug-likeness (QED) is 0.834. The summed E-state index contributed by atoms with van der Waals surface area (Å²) in [5.41, 5.74) is 6.84. The molecule has 2 rings (SSSR count). The van der Waals surface area contributed by atoms with Gasteiger partial charge in [0.15, 0.2) is 0 Å². The lowest BCUT2D eigenvalue weighted by Crippen LogP contribution is -2.40. The van der Waals surface area contributed by atoms with Crippen LogP contribution in [0.1, 0.15) is 43.5 Å². The van der Waals surface area contributed by atoms with Gasteiger partial charge in [0.1, 0.15) is 5.75 Å². The van der Waals surface area contributed by atoms with Crippen molar-refractivity contribution >= 4 is 11.6 Å². The third-order valence-corrected chi connectivity index (χ3v) is 3.98. The molecule has 0 aromatic heterocycles. The van der Waals surface area contributed by atoms with Crippen molar-refractivity contribution in [3.05, 3.63) is 23.8 Å². The number of nitrogens with two attached hydrogens (primary N) is 1. The summed E-state index contributed by atoms with van der Waals surface area (Å²) >= 11 is 0. The van der Waals surface area contributed by atoms with Crippen LogP contribution in [0.2, 0.25) is 0 Å². The topological polar surface area (TPSA) is 64.3 Å². The largest absolute Gasteiger partial charge is 0.496 e. The van der Waals surface area contributed by atoms with Gasteiger partial charge in [-0.2, -0.15) is 0 Å². The second-order valence-electron chi connectivity index (χ2n) is 6.05. The molecule has 20 heavy (non-hydrogen) atoms. The third kappa shape index (κ3) is 3.44. The van der Waals surface area contributed by atoms with Crippen LogP contribution in [-0.2, 0) is 0 Å². The van der Waals surface area contributed by atoms with Crippen molar-refractivity contribution in [2.45, 2.75) is 39.2 Å². The van der Waals surface area contributed by atoms with Crippen LogP contribution in [0.15, 0.2) is 18.2 Å². The minimum atomic E-state index is -0.0968. The van der Waals surface area contributed by atoms with Gasteiger partial charge in [0.2, 0.25) is 0 Å². The van der Waals surface area contributed by atoms with E-state index in [1.54, 1.807) is 25.3 Å². The molecule has 3 N–H and O–H groups in total. The summed E-state index contributed by atoms with van der Waals surface area (Å²) in [6, 6.07) is 5.38. The molecule has 0 aliphatic heterocycles. The lowest BCUT2D eigenvalue weighted by Gasteiger charge is -2.32. The van der Waals surface area contributed by atoms with Crippen LogP contribution in [0.5, 0.6) is 5.75 Å². The number of benzene rings is 1. The fourth-order valence-corrected chi connectivity index (χ4v) is 3.23. The predicted octanol–water partition coefficient (Wildman–Crippen LogP) is 2.83. The van der Waals surface area contributed by atoms with Crippen molar-refractivity contribution < 1.29 is 9.53 Å². The minimum absolute atomic E-state index is 0.0968. The summed E-state index contributed by atoms with van der Waals surface area (Å²) in [5, 5.41) is 3.12. The van der Waals surface area contributed by atoms with Crippen LogP contribution < -0.4 is 15.8 Å². The molecule has 4 heteroatoms. The van der Waals surface area contributed by atoms with Crippen molar-refractivity contribution in [2.24, 2.45) is 11.8 Å². The van der Waals surface area contributed by atoms with Crippen molar-refractivity contribution in [3.8, 4) is 5.75 Å². The Morgan fingerprint density at radius 1 is 1.25 bits per heavy atom. The van der Waals surface area contributed by atoms with E-state index in [1.165, 1.54) is 6.42 Å². The molecule has 1 amide bonds. The summed E-state index contributed by atoms with van der Waals surface area (Å²) < 4.78 is 5.24. The number of hydrogen-bond acceptors (Lipinski definition) is 3. The summed E-state index contributed by atoms with van der Waals surface area (Å²) in [5.74, 6) is 1.78. The Balaban J connectivity index is 2.10. The number of methoxy groups -OCH3 is 1. The Morgan fingerprint density at radius 2 is 1.90 bits per heavy atom. The Hall–Kier alpha value is -1.71. The first kappa shape index (κ1) is 14.7. The highest BCUT2D eigenvalue weighted by atomic mass is 16.5. The average molecular weight is 276 g/mol.